The van der Waals surface area contributed by atoms with Crippen LogP contribution in [0.3, 0.4) is 0 Å². The largest absolute Gasteiger partial charge is 0.457 e. The molecule has 1 unspecified atom stereocenters. The summed E-state index contributed by atoms with van der Waals surface area (Å²) in [4.78, 5) is 37.1. The van der Waals surface area contributed by atoms with Crippen molar-refractivity contribution in [1.29, 1.82) is 0 Å². The van der Waals surface area contributed by atoms with Crippen LogP contribution >= 0.6 is 11.8 Å². The van der Waals surface area contributed by atoms with E-state index >= 15 is 0 Å². The molecule has 8 heteroatoms. The highest BCUT2D eigenvalue weighted by atomic mass is 32.2. The summed E-state index contributed by atoms with van der Waals surface area (Å²) >= 11 is 1.49. The minimum Gasteiger partial charge on any atom is -0.457 e. The van der Waals surface area contributed by atoms with Crippen molar-refractivity contribution in [3.63, 3.8) is 0 Å². The van der Waals surface area contributed by atoms with E-state index in [1.165, 1.54) is 11.8 Å². The predicted molar refractivity (Wildman–Crippen MR) is 149 cm³/mol. The first-order chi connectivity index (χ1) is 17.9. The van der Waals surface area contributed by atoms with Gasteiger partial charge in [0.1, 0.15) is 11.5 Å². The molecule has 2 aromatic carbocycles. The lowest BCUT2D eigenvalue weighted by Crippen LogP contribution is -2.42. The van der Waals surface area contributed by atoms with Gasteiger partial charge in [0.25, 0.3) is 5.91 Å². The highest BCUT2D eigenvalue weighted by Crippen LogP contribution is 2.45. The van der Waals surface area contributed by atoms with Gasteiger partial charge in [-0.25, -0.2) is 4.99 Å². The van der Waals surface area contributed by atoms with E-state index in [1.54, 1.807) is 11.9 Å². The third kappa shape index (κ3) is 5.59. The third-order valence-corrected chi connectivity index (χ3v) is 7.56. The van der Waals surface area contributed by atoms with Gasteiger partial charge >= 0.3 is 0 Å². The molecule has 194 valence electrons. The molecule has 0 aliphatic carbocycles. The summed E-state index contributed by atoms with van der Waals surface area (Å²) in [5, 5.41) is 2.75. The number of carbonyl (C=O) groups excluding carboxylic acids is 2. The average Bonchev–Trinajstić information content (AvgIpc) is 3.30. The first-order valence-corrected chi connectivity index (χ1v) is 13.6. The van der Waals surface area contributed by atoms with Gasteiger partial charge in [0.05, 0.1) is 23.7 Å². The Morgan fingerprint density at radius 3 is 2.38 bits per heavy atom. The SMILES string of the molecule is CCN(C)C(=O)CC1=CSC2=NC(C)=C(C(=O)N(CC)CC)C(c3cccc(Oc4ccccc4)c3)N12. The molecule has 0 fully saturated rings. The van der Waals surface area contributed by atoms with E-state index in [2.05, 4.69) is 4.90 Å². The van der Waals surface area contributed by atoms with Crippen molar-refractivity contribution in [1.82, 2.24) is 14.7 Å². The fourth-order valence-corrected chi connectivity index (χ4v) is 5.44. The molecule has 0 saturated carbocycles. The van der Waals surface area contributed by atoms with Gasteiger partial charge in [0.15, 0.2) is 5.17 Å². The molecule has 0 bridgehead atoms. The van der Waals surface area contributed by atoms with Crippen molar-refractivity contribution in [3.05, 3.63) is 82.5 Å². The third-order valence-electron chi connectivity index (χ3n) is 6.67. The van der Waals surface area contributed by atoms with Gasteiger partial charge < -0.3 is 19.4 Å². The number of thioether (sulfide) groups is 1. The lowest BCUT2D eigenvalue weighted by molar-refractivity contribution is -0.129. The van der Waals surface area contributed by atoms with Crippen molar-refractivity contribution in [3.8, 4) is 11.5 Å². The first kappa shape index (κ1) is 26.5. The molecule has 0 aromatic heterocycles. The van der Waals surface area contributed by atoms with Gasteiger partial charge in [-0.1, -0.05) is 42.1 Å². The Labute approximate surface area is 223 Å². The van der Waals surface area contributed by atoms with Crippen molar-refractivity contribution in [2.75, 3.05) is 26.7 Å². The Kier molecular flexibility index (Phi) is 8.38. The van der Waals surface area contributed by atoms with Crippen molar-refractivity contribution in [2.45, 2.75) is 40.2 Å². The quantitative estimate of drug-likeness (QED) is 0.420. The maximum Gasteiger partial charge on any atom is 0.254 e. The molecule has 1 atom stereocenters. The molecule has 2 aromatic rings. The zero-order valence-corrected chi connectivity index (χ0v) is 22.9. The smallest absolute Gasteiger partial charge is 0.254 e. The zero-order valence-electron chi connectivity index (χ0n) is 22.1. The second-order valence-corrected chi connectivity index (χ2v) is 9.78. The van der Waals surface area contributed by atoms with Crippen LogP contribution in [0.15, 0.2) is 82.0 Å². The number of allylic oxidation sites excluding steroid dienone is 1. The summed E-state index contributed by atoms with van der Waals surface area (Å²) in [6.07, 6.45) is 0.235. The topological polar surface area (TPSA) is 65.5 Å². The molecule has 2 heterocycles. The van der Waals surface area contributed by atoms with Crippen LogP contribution in [0.5, 0.6) is 11.5 Å². The molecule has 0 saturated heterocycles. The molecule has 2 amide bonds. The number of hydrogen-bond donors (Lipinski definition) is 0. The first-order valence-electron chi connectivity index (χ1n) is 12.7. The zero-order chi connectivity index (χ0) is 26.5. The fourth-order valence-electron chi connectivity index (χ4n) is 4.48. The highest BCUT2D eigenvalue weighted by molar-refractivity contribution is 8.16. The highest BCUT2D eigenvalue weighted by Gasteiger charge is 2.41. The van der Waals surface area contributed by atoms with E-state index in [0.29, 0.717) is 36.7 Å². The monoisotopic (exact) mass is 518 g/mol. The van der Waals surface area contributed by atoms with E-state index < -0.39 is 6.04 Å². The van der Waals surface area contributed by atoms with E-state index in [-0.39, 0.29) is 18.2 Å². The van der Waals surface area contributed by atoms with E-state index in [0.717, 1.165) is 22.2 Å². The summed E-state index contributed by atoms with van der Waals surface area (Å²) in [7, 11) is 1.80. The maximum absolute atomic E-state index is 13.8. The lowest BCUT2D eigenvalue weighted by atomic mass is 9.92. The normalized spacial score (nSPS) is 16.7. The van der Waals surface area contributed by atoms with Crippen LogP contribution in [0.4, 0.5) is 0 Å². The second kappa shape index (κ2) is 11.7. The summed E-state index contributed by atoms with van der Waals surface area (Å²) < 4.78 is 6.13. The number of amidine groups is 1. The summed E-state index contributed by atoms with van der Waals surface area (Å²) in [5.74, 6) is 1.40. The molecular weight excluding hydrogens is 484 g/mol. The van der Waals surface area contributed by atoms with Crippen LogP contribution < -0.4 is 4.74 Å². The number of ether oxygens (including phenoxy) is 1. The molecule has 4 rings (SSSR count). The van der Waals surface area contributed by atoms with Crippen LogP contribution in [-0.4, -0.2) is 58.4 Å². The lowest BCUT2D eigenvalue weighted by Gasteiger charge is -2.38. The number of carbonyl (C=O) groups is 2. The van der Waals surface area contributed by atoms with Crippen molar-refractivity contribution < 1.29 is 14.3 Å². The number of benzene rings is 2. The van der Waals surface area contributed by atoms with Crippen LogP contribution in [0.1, 0.15) is 45.7 Å². The Bertz CT molecular complexity index is 1250. The van der Waals surface area contributed by atoms with Gasteiger partial charge in [-0.15, -0.1) is 0 Å². The Morgan fingerprint density at radius 2 is 1.70 bits per heavy atom. The van der Waals surface area contributed by atoms with Crippen LogP contribution in [0, 0.1) is 0 Å². The predicted octanol–water partition coefficient (Wildman–Crippen LogP) is 5.79. The molecular formula is C29H34N4O3S. The molecule has 2 aliphatic heterocycles. The molecule has 0 spiro atoms. The van der Waals surface area contributed by atoms with Crippen LogP contribution in [-0.2, 0) is 9.59 Å². The van der Waals surface area contributed by atoms with Gasteiger partial charge in [-0.2, -0.15) is 0 Å². The standard InChI is InChI=1S/C29H34N4O3S/c1-6-31(5)25(34)18-22-19-37-29-30-20(4)26(28(35)32(7-2)8-3)27(33(22)29)21-13-12-16-24(17-21)36-23-14-10-9-11-15-23/h9-17,19,27H,6-8,18H2,1-5H3. The minimum atomic E-state index is -0.430. The number of para-hydroxylation sites is 1. The number of hydrogen-bond acceptors (Lipinski definition) is 6. The molecule has 0 radical (unpaired) electrons. The average molecular weight is 519 g/mol. The van der Waals surface area contributed by atoms with Crippen molar-refractivity contribution >= 4 is 28.7 Å². The van der Waals surface area contributed by atoms with Gasteiger partial charge in [-0.3, -0.25) is 9.59 Å². The van der Waals surface area contributed by atoms with E-state index in [1.807, 2.05) is 92.6 Å². The van der Waals surface area contributed by atoms with Crippen molar-refractivity contribution in [2.24, 2.45) is 4.99 Å². The molecule has 7 nitrogen and oxygen atoms in total. The van der Waals surface area contributed by atoms with Crippen LogP contribution in [0.2, 0.25) is 0 Å². The minimum absolute atomic E-state index is 0.0263. The van der Waals surface area contributed by atoms with Crippen LogP contribution in [0.25, 0.3) is 0 Å². The number of nitrogens with zero attached hydrogens (tertiary/aromatic N) is 4. The van der Waals surface area contributed by atoms with Gasteiger partial charge in [0.2, 0.25) is 5.91 Å². The molecule has 2 aliphatic rings. The Hall–Kier alpha value is -3.52. The fraction of sp³-hybridized carbons (Fsp3) is 0.345. The number of fused-ring (bicyclic) bond motifs is 1. The summed E-state index contributed by atoms with van der Waals surface area (Å²) in [6, 6.07) is 17.0. The second-order valence-electron chi connectivity index (χ2n) is 8.94. The molecule has 37 heavy (non-hydrogen) atoms. The number of likely N-dealkylation sites (N-methyl/N-ethyl adjacent to an activating group) is 1. The summed E-state index contributed by atoms with van der Waals surface area (Å²) in [6.45, 7) is 9.65. The van der Waals surface area contributed by atoms with Gasteiger partial charge in [-0.05, 0) is 62.9 Å². The van der Waals surface area contributed by atoms with E-state index in [9.17, 15) is 9.59 Å². The Morgan fingerprint density at radius 1 is 1.00 bits per heavy atom. The summed E-state index contributed by atoms with van der Waals surface area (Å²) in [5.41, 5.74) is 3.06. The maximum atomic E-state index is 13.8. The Balaban J connectivity index is 1.78. The number of amides is 2. The number of aliphatic imine (C=N–C) groups is 1. The molecule has 0 N–H and O–H groups in total. The van der Waals surface area contributed by atoms with Gasteiger partial charge in [0, 0.05) is 32.4 Å². The van der Waals surface area contributed by atoms with E-state index in [4.69, 9.17) is 9.73 Å². The number of rotatable bonds is 9.